The Labute approximate surface area is 125 Å². The van der Waals surface area contributed by atoms with Crippen molar-refractivity contribution in [1.82, 2.24) is 9.78 Å². The molecule has 0 spiro atoms. The average Bonchev–Trinajstić information content (AvgIpc) is 2.53. The summed E-state index contributed by atoms with van der Waals surface area (Å²) in [5, 5.41) is 4.06. The number of halogens is 3. The quantitative estimate of drug-likeness (QED) is 0.872. The van der Waals surface area contributed by atoms with Crippen molar-refractivity contribution < 1.29 is 17.2 Å². The lowest BCUT2D eigenvalue weighted by molar-refractivity contribution is 0.520. The third-order valence-corrected chi connectivity index (χ3v) is 5.09. The van der Waals surface area contributed by atoms with Gasteiger partial charge in [-0.1, -0.05) is 11.6 Å². The maximum atomic E-state index is 13.8. The highest BCUT2D eigenvalue weighted by Crippen LogP contribution is 2.28. The molecule has 21 heavy (non-hydrogen) atoms. The van der Waals surface area contributed by atoms with Crippen molar-refractivity contribution in [2.75, 3.05) is 5.73 Å². The van der Waals surface area contributed by atoms with Crippen LogP contribution in [0.15, 0.2) is 17.0 Å². The van der Waals surface area contributed by atoms with Crippen LogP contribution in [0, 0.1) is 18.6 Å². The molecule has 0 radical (unpaired) electrons. The Balaban J connectivity index is 2.54. The van der Waals surface area contributed by atoms with Gasteiger partial charge in [0.25, 0.3) is 0 Å². The lowest BCUT2D eigenvalue weighted by atomic mass is 10.3. The van der Waals surface area contributed by atoms with E-state index in [0.717, 1.165) is 12.1 Å². The van der Waals surface area contributed by atoms with Gasteiger partial charge in [0.1, 0.15) is 21.7 Å². The van der Waals surface area contributed by atoms with Crippen molar-refractivity contribution in [3.63, 3.8) is 0 Å². The van der Waals surface area contributed by atoms with E-state index in [1.165, 1.54) is 11.7 Å². The number of nitrogens with two attached hydrogens (primary N) is 1. The molecule has 0 aliphatic rings. The molecule has 1 aromatic heterocycles. The van der Waals surface area contributed by atoms with Gasteiger partial charge in [-0.3, -0.25) is 4.68 Å². The number of rotatable bonds is 3. The highest BCUT2D eigenvalue weighted by atomic mass is 35.5. The topological polar surface area (TPSA) is 78.0 Å². The number of sulfone groups is 1. The van der Waals surface area contributed by atoms with Gasteiger partial charge in [0.05, 0.1) is 11.4 Å². The largest absolute Gasteiger partial charge is 0.399 e. The molecule has 1 heterocycles. The maximum Gasteiger partial charge on any atom is 0.188 e. The number of aryl methyl sites for hydroxylation is 2. The van der Waals surface area contributed by atoms with E-state index >= 15 is 0 Å². The average molecular weight is 336 g/mol. The number of anilines is 1. The Hall–Kier alpha value is -1.67. The molecule has 5 nitrogen and oxygen atoms in total. The molecule has 0 atom stereocenters. The molecule has 0 aliphatic heterocycles. The zero-order chi connectivity index (χ0) is 15.9. The predicted octanol–water partition coefficient (Wildman–Crippen LogP) is 2.22. The third-order valence-electron chi connectivity index (χ3n) is 2.94. The zero-order valence-electron chi connectivity index (χ0n) is 11.2. The lowest BCUT2D eigenvalue weighted by Gasteiger charge is -2.08. The summed E-state index contributed by atoms with van der Waals surface area (Å²) >= 11 is 5.94. The molecule has 114 valence electrons. The number of aromatic nitrogens is 2. The predicted molar refractivity (Wildman–Crippen MR) is 74.6 cm³/mol. The molecule has 0 fully saturated rings. The molecule has 0 saturated carbocycles. The van der Waals surface area contributed by atoms with E-state index in [4.69, 9.17) is 17.3 Å². The van der Waals surface area contributed by atoms with E-state index in [9.17, 15) is 17.2 Å². The van der Waals surface area contributed by atoms with E-state index in [1.54, 1.807) is 6.92 Å². The highest BCUT2D eigenvalue weighted by Gasteiger charge is 2.28. The van der Waals surface area contributed by atoms with Crippen molar-refractivity contribution in [2.45, 2.75) is 17.6 Å². The molecule has 0 bridgehead atoms. The Morgan fingerprint density at radius 1 is 1.33 bits per heavy atom. The standard InChI is InChI=1S/C12H12ClF2N3O2S/c1-6-8(12(13)18(2)17-6)5-21(19,20)11-9(14)3-7(16)4-10(11)15/h3-4H,5,16H2,1-2H3. The Morgan fingerprint density at radius 3 is 2.29 bits per heavy atom. The number of hydrogen-bond donors (Lipinski definition) is 1. The summed E-state index contributed by atoms with van der Waals surface area (Å²) in [4.78, 5) is -1.02. The monoisotopic (exact) mass is 335 g/mol. The number of benzene rings is 1. The zero-order valence-corrected chi connectivity index (χ0v) is 12.8. The van der Waals surface area contributed by atoms with Crippen LogP contribution >= 0.6 is 11.6 Å². The second kappa shape index (κ2) is 5.27. The normalized spacial score (nSPS) is 11.9. The van der Waals surface area contributed by atoms with Crippen LogP contribution in [0.1, 0.15) is 11.3 Å². The van der Waals surface area contributed by atoms with Gasteiger partial charge >= 0.3 is 0 Å². The van der Waals surface area contributed by atoms with E-state index in [2.05, 4.69) is 5.10 Å². The van der Waals surface area contributed by atoms with Crippen LogP contribution in [-0.2, 0) is 22.6 Å². The van der Waals surface area contributed by atoms with Crippen molar-refractivity contribution in [2.24, 2.45) is 7.05 Å². The second-order valence-corrected chi connectivity index (χ2v) is 6.84. The first-order chi connectivity index (χ1) is 9.63. The summed E-state index contributed by atoms with van der Waals surface area (Å²) in [6.07, 6.45) is 0. The van der Waals surface area contributed by atoms with E-state index in [1.807, 2.05) is 0 Å². The van der Waals surface area contributed by atoms with Crippen LogP contribution in [-0.4, -0.2) is 18.2 Å². The molecule has 2 rings (SSSR count). The van der Waals surface area contributed by atoms with Gasteiger partial charge in [-0.15, -0.1) is 0 Å². The van der Waals surface area contributed by atoms with E-state index in [0.29, 0.717) is 5.69 Å². The van der Waals surface area contributed by atoms with Crippen molar-refractivity contribution in [3.05, 3.63) is 40.2 Å². The first-order valence-corrected chi connectivity index (χ1v) is 7.81. The van der Waals surface area contributed by atoms with Crippen LogP contribution in [0.3, 0.4) is 0 Å². The maximum absolute atomic E-state index is 13.8. The van der Waals surface area contributed by atoms with Gasteiger partial charge in [-0.25, -0.2) is 17.2 Å². The minimum absolute atomic E-state index is 0.104. The summed E-state index contributed by atoms with van der Waals surface area (Å²) in [5.41, 5.74) is 5.65. The van der Waals surface area contributed by atoms with Gasteiger partial charge in [0.2, 0.25) is 0 Å². The highest BCUT2D eigenvalue weighted by molar-refractivity contribution is 7.90. The lowest BCUT2D eigenvalue weighted by Crippen LogP contribution is -2.11. The fraction of sp³-hybridized carbons (Fsp3) is 0.250. The van der Waals surface area contributed by atoms with Crippen LogP contribution in [0.4, 0.5) is 14.5 Å². The van der Waals surface area contributed by atoms with Crippen LogP contribution < -0.4 is 5.73 Å². The van der Waals surface area contributed by atoms with Gasteiger partial charge < -0.3 is 5.73 Å². The smallest absolute Gasteiger partial charge is 0.188 e. The Morgan fingerprint density at radius 2 is 1.86 bits per heavy atom. The first kappa shape index (κ1) is 15.7. The van der Waals surface area contributed by atoms with Gasteiger partial charge in [-0.05, 0) is 19.1 Å². The molecular weight excluding hydrogens is 324 g/mol. The molecule has 1 aromatic carbocycles. The van der Waals surface area contributed by atoms with Crippen molar-refractivity contribution in [1.29, 1.82) is 0 Å². The number of hydrogen-bond acceptors (Lipinski definition) is 4. The van der Waals surface area contributed by atoms with Crippen LogP contribution in [0.2, 0.25) is 5.15 Å². The molecule has 0 amide bonds. The third kappa shape index (κ3) is 2.86. The molecule has 0 saturated heterocycles. The summed E-state index contributed by atoms with van der Waals surface area (Å²) in [5.74, 6) is -3.11. The summed E-state index contributed by atoms with van der Waals surface area (Å²) in [6, 6.07) is 1.52. The van der Waals surface area contributed by atoms with Gasteiger partial charge in [0, 0.05) is 18.3 Å². The SMILES string of the molecule is Cc1nn(C)c(Cl)c1CS(=O)(=O)c1c(F)cc(N)cc1F. The Bertz CT molecular complexity index is 795. The van der Waals surface area contributed by atoms with Crippen LogP contribution in [0.5, 0.6) is 0 Å². The molecule has 0 aliphatic carbocycles. The molecule has 2 N–H and O–H groups in total. The minimum atomic E-state index is -4.27. The summed E-state index contributed by atoms with van der Waals surface area (Å²) in [6.45, 7) is 1.56. The Kier molecular flexibility index (Phi) is 3.94. The second-order valence-electron chi connectivity index (χ2n) is 4.55. The van der Waals surface area contributed by atoms with E-state index < -0.39 is 32.1 Å². The van der Waals surface area contributed by atoms with Crippen molar-refractivity contribution >= 4 is 27.1 Å². The fourth-order valence-electron chi connectivity index (χ4n) is 1.98. The van der Waals surface area contributed by atoms with E-state index in [-0.39, 0.29) is 16.4 Å². The molecule has 2 aromatic rings. The fourth-order valence-corrected chi connectivity index (χ4v) is 3.88. The van der Waals surface area contributed by atoms with Crippen molar-refractivity contribution in [3.8, 4) is 0 Å². The summed E-state index contributed by atoms with van der Waals surface area (Å²) in [7, 11) is -2.73. The first-order valence-electron chi connectivity index (χ1n) is 5.78. The number of nitrogen functional groups attached to an aromatic ring is 1. The van der Waals surface area contributed by atoms with Gasteiger partial charge in [0.15, 0.2) is 9.84 Å². The molecule has 0 unspecified atom stereocenters. The minimum Gasteiger partial charge on any atom is -0.399 e. The number of nitrogens with zero attached hydrogens (tertiary/aromatic N) is 2. The van der Waals surface area contributed by atoms with Crippen LogP contribution in [0.25, 0.3) is 0 Å². The van der Waals surface area contributed by atoms with Gasteiger partial charge in [-0.2, -0.15) is 5.10 Å². The summed E-state index contributed by atoms with van der Waals surface area (Å²) < 4.78 is 53.3. The molecule has 9 heteroatoms. The molecular formula is C12H12ClF2N3O2S.